The van der Waals surface area contributed by atoms with E-state index in [9.17, 15) is 45.7 Å². The number of quaternary nitrogens is 1. The molecule has 0 saturated heterocycles. The third-order valence-corrected chi connectivity index (χ3v) is 6.38. The molecule has 3 aromatic carbocycles. The van der Waals surface area contributed by atoms with Gasteiger partial charge in [-0.2, -0.15) is 0 Å². The van der Waals surface area contributed by atoms with Crippen LogP contribution >= 0.6 is 0 Å². The highest BCUT2D eigenvalue weighted by molar-refractivity contribution is 5.51. The SMILES string of the molecule is Cc1cc([N+](=O)[O-])cc(C[N+](C)(Cc2cc([N+](=O)[O-])cc(C)c2O)Cc2cc([N+](=O)[O-])cc(C)c2O)c1O.[I-]. The molecule has 0 heterocycles. The van der Waals surface area contributed by atoms with Crippen molar-refractivity contribution in [2.24, 2.45) is 0 Å². The van der Waals surface area contributed by atoms with Gasteiger partial charge in [-0.1, -0.05) is 0 Å². The smallest absolute Gasteiger partial charge is 0.270 e. The molecule has 0 aliphatic carbocycles. The third-order valence-electron chi connectivity index (χ3n) is 6.38. The van der Waals surface area contributed by atoms with Gasteiger partial charge in [-0.15, -0.1) is 0 Å². The number of benzene rings is 3. The minimum Gasteiger partial charge on any atom is -1.00 e. The lowest BCUT2D eigenvalue weighted by Crippen LogP contribution is -3.00. The van der Waals surface area contributed by atoms with Crippen LogP contribution in [0.1, 0.15) is 33.4 Å². The summed E-state index contributed by atoms with van der Waals surface area (Å²) in [6.45, 7) is 4.25. The van der Waals surface area contributed by atoms with Gasteiger partial charge in [0.25, 0.3) is 17.1 Å². The monoisotopic (exact) mass is 654 g/mol. The fourth-order valence-electron chi connectivity index (χ4n) is 4.58. The van der Waals surface area contributed by atoms with E-state index in [0.717, 1.165) is 0 Å². The lowest BCUT2D eigenvalue weighted by Gasteiger charge is -2.35. The molecule has 14 heteroatoms. The van der Waals surface area contributed by atoms with Crippen molar-refractivity contribution in [2.45, 2.75) is 40.4 Å². The van der Waals surface area contributed by atoms with Crippen LogP contribution in [-0.2, 0) is 19.6 Å². The van der Waals surface area contributed by atoms with Crippen LogP contribution in [-0.4, -0.2) is 41.6 Å². The highest BCUT2D eigenvalue weighted by atomic mass is 127. The van der Waals surface area contributed by atoms with Crippen LogP contribution in [0.4, 0.5) is 17.1 Å². The average molecular weight is 654 g/mol. The summed E-state index contributed by atoms with van der Waals surface area (Å²) in [5, 5.41) is 66.5. The molecule has 208 valence electrons. The summed E-state index contributed by atoms with van der Waals surface area (Å²) in [6.07, 6.45) is 0. The van der Waals surface area contributed by atoms with Crippen LogP contribution in [0.2, 0.25) is 0 Å². The number of hydrogen-bond donors (Lipinski definition) is 3. The zero-order valence-electron chi connectivity index (χ0n) is 21.5. The molecule has 0 fully saturated rings. The fourth-order valence-corrected chi connectivity index (χ4v) is 4.58. The number of aromatic hydroxyl groups is 3. The minimum atomic E-state index is -0.605. The Kier molecular flexibility index (Phi) is 9.41. The maximum atomic E-state index is 11.5. The molecule has 3 aromatic rings. The number of phenolic OH excluding ortho intramolecular Hbond substituents is 3. The van der Waals surface area contributed by atoms with Crippen LogP contribution in [0.25, 0.3) is 0 Å². The van der Waals surface area contributed by atoms with Crippen molar-refractivity contribution < 1.29 is 58.5 Å². The van der Waals surface area contributed by atoms with Gasteiger partial charge in [0.2, 0.25) is 0 Å². The summed E-state index contributed by atoms with van der Waals surface area (Å²) in [5.74, 6) is -0.587. The molecule has 0 unspecified atom stereocenters. The fraction of sp³-hybridized carbons (Fsp3) is 0.280. The largest absolute Gasteiger partial charge is 1.00 e. The molecule has 39 heavy (non-hydrogen) atoms. The molecule has 0 amide bonds. The zero-order chi connectivity index (χ0) is 28.5. The molecule has 0 bridgehead atoms. The van der Waals surface area contributed by atoms with Gasteiger partial charge in [0.05, 0.1) is 38.5 Å². The predicted molar refractivity (Wildman–Crippen MR) is 136 cm³/mol. The molecule has 13 nitrogen and oxygen atoms in total. The Morgan fingerprint density at radius 2 is 0.821 bits per heavy atom. The Morgan fingerprint density at radius 3 is 1.03 bits per heavy atom. The van der Waals surface area contributed by atoms with Crippen LogP contribution in [0.3, 0.4) is 0 Å². The topological polar surface area (TPSA) is 190 Å². The highest BCUT2D eigenvalue weighted by Gasteiger charge is 2.31. The number of non-ortho nitro benzene ring substituents is 3. The van der Waals surface area contributed by atoms with E-state index < -0.39 is 14.8 Å². The number of rotatable bonds is 9. The van der Waals surface area contributed by atoms with Crippen molar-refractivity contribution in [1.82, 2.24) is 0 Å². The Balaban J connectivity index is 0.00000533. The average Bonchev–Trinajstić information content (AvgIpc) is 2.82. The van der Waals surface area contributed by atoms with Crippen molar-refractivity contribution in [1.29, 1.82) is 0 Å². The lowest BCUT2D eigenvalue weighted by molar-refractivity contribution is -0.948. The van der Waals surface area contributed by atoms with E-state index in [1.165, 1.54) is 57.2 Å². The zero-order valence-corrected chi connectivity index (χ0v) is 23.7. The lowest BCUT2D eigenvalue weighted by atomic mass is 10.0. The molecule has 0 radical (unpaired) electrons. The molecular weight excluding hydrogens is 627 g/mol. The Hall–Kier alpha value is -4.05. The van der Waals surface area contributed by atoms with Crippen molar-refractivity contribution in [3.05, 3.63) is 100 Å². The normalized spacial score (nSPS) is 11.1. The summed E-state index contributed by atoms with van der Waals surface area (Å²) in [5.41, 5.74) is 0.531. The molecule has 0 aromatic heterocycles. The summed E-state index contributed by atoms with van der Waals surface area (Å²) in [7, 11) is 1.65. The van der Waals surface area contributed by atoms with Crippen molar-refractivity contribution >= 4 is 17.1 Å². The number of nitrogens with zero attached hydrogens (tertiary/aromatic N) is 4. The van der Waals surface area contributed by atoms with Gasteiger partial charge in [0, 0.05) is 36.4 Å². The van der Waals surface area contributed by atoms with Gasteiger partial charge in [-0.05, 0) is 37.5 Å². The van der Waals surface area contributed by atoms with E-state index in [0.29, 0.717) is 0 Å². The number of aryl methyl sites for hydroxylation is 3. The standard InChI is InChI=1S/C25H26N4O9.HI/c1-14-5-20(26(33)34)8-17(23(14)30)11-29(4,12-18-9-21(27(35)36)6-15(2)24(18)31)13-19-10-22(28(37)38)7-16(3)25(19)32;/h5-10H,11-13H2,1-4H3,(H2-,30,31,32);1H. The number of phenols is 3. The first-order valence-electron chi connectivity index (χ1n) is 11.4. The molecule has 0 aliphatic rings. The first-order chi connectivity index (χ1) is 17.6. The number of hydrogen-bond acceptors (Lipinski definition) is 9. The van der Waals surface area contributed by atoms with E-state index in [1.807, 2.05) is 0 Å². The molecule has 3 N–H and O–H groups in total. The van der Waals surface area contributed by atoms with Crippen LogP contribution in [0, 0.1) is 51.1 Å². The van der Waals surface area contributed by atoms with E-state index in [2.05, 4.69) is 0 Å². The van der Waals surface area contributed by atoms with E-state index in [4.69, 9.17) is 0 Å². The quantitative estimate of drug-likeness (QED) is 0.134. The molecule has 0 atom stereocenters. The van der Waals surface area contributed by atoms with Gasteiger partial charge in [0.15, 0.2) is 0 Å². The van der Waals surface area contributed by atoms with Crippen molar-refractivity contribution in [2.75, 3.05) is 7.05 Å². The molecular formula is C25H27IN4O9. The van der Waals surface area contributed by atoms with E-state index >= 15 is 0 Å². The minimum absolute atomic E-state index is 0. The maximum absolute atomic E-state index is 11.5. The number of halogens is 1. The summed E-state index contributed by atoms with van der Waals surface area (Å²) in [4.78, 5) is 32.6. The van der Waals surface area contributed by atoms with Gasteiger partial charge in [-0.3, -0.25) is 30.3 Å². The van der Waals surface area contributed by atoms with Crippen molar-refractivity contribution in [3.8, 4) is 17.2 Å². The van der Waals surface area contributed by atoms with Gasteiger partial charge in [0.1, 0.15) is 36.9 Å². The second kappa shape index (κ2) is 11.8. The molecule has 0 saturated carbocycles. The first kappa shape index (κ1) is 31.2. The predicted octanol–water partition coefficient (Wildman–Crippen LogP) is 1.80. The molecule has 3 rings (SSSR count). The van der Waals surface area contributed by atoms with Crippen molar-refractivity contribution in [3.63, 3.8) is 0 Å². The van der Waals surface area contributed by atoms with Crippen LogP contribution in [0.15, 0.2) is 36.4 Å². The summed E-state index contributed by atoms with van der Waals surface area (Å²) in [6, 6.07) is 7.26. The van der Waals surface area contributed by atoms with Crippen LogP contribution < -0.4 is 24.0 Å². The first-order valence-corrected chi connectivity index (χ1v) is 11.4. The van der Waals surface area contributed by atoms with E-state index in [-0.39, 0.29) is 116 Å². The van der Waals surface area contributed by atoms with Gasteiger partial charge < -0.3 is 43.8 Å². The Morgan fingerprint density at radius 1 is 0.590 bits per heavy atom. The maximum Gasteiger partial charge on any atom is 0.270 e. The summed E-state index contributed by atoms with van der Waals surface area (Å²) >= 11 is 0. The highest BCUT2D eigenvalue weighted by Crippen LogP contribution is 2.37. The summed E-state index contributed by atoms with van der Waals surface area (Å²) < 4.78 is -0.184. The Labute approximate surface area is 240 Å². The van der Waals surface area contributed by atoms with E-state index in [1.54, 1.807) is 7.05 Å². The second-order valence-electron chi connectivity index (χ2n) is 9.68. The van der Waals surface area contributed by atoms with Crippen LogP contribution in [0.5, 0.6) is 17.2 Å². The molecule has 0 aliphatic heterocycles. The number of nitro benzene ring substituents is 3. The second-order valence-corrected chi connectivity index (χ2v) is 9.68. The number of nitro groups is 3. The Bertz CT molecular complexity index is 1300. The van der Waals surface area contributed by atoms with Gasteiger partial charge >= 0.3 is 0 Å². The third kappa shape index (κ3) is 6.88. The molecule has 0 spiro atoms. The van der Waals surface area contributed by atoms with Gasteiger partial charge in [-0.25, -0.2) is 0 Å².